The molecule has 0 aliphatic rings. The number of carbonyl (C=O) groups excluding carboxylic acids is 1. The van der Waals surface area contributed by atoms with Crippen molar-refractivity contribution < 1.29 is 9.72 Å². The summed E-state index contributed by atoms with van der Waals surface area (Å²) in [5.74, 6) is -0.0978. The summed E-state index contributed by atoms with van der Waals surface area (Å²) in [6.45, 7) is 3.70. The highest BCUT2D eigenvalue weighted by Crippen LogP contribution is 2.29. The average molecular weight is 467 g/mol. The van der Waals surface area contributed by atoms with Gasteiger partial charge >= 0.3 is 0 Å². The van der Waals surface area contributed by atoms with Gasteiger partial charge in [0.1, 0.15) is 6.33 Å². The lowest BCUT2D eigenvalue weighted by atomic mass is 10.1. The SMILES string of the molecule is Cc1ccc(-n2cnnc2SCC(=O)Nc2nc(-c3ccc(C)c([N+](=O)[O-])c3)cs2)cc1. The second-order valence-electron chi connectivity index (χ2n) is 6.95. The molecule has 0 aliphatic heterocycles. The number of carbonyl (C=O) groups is 1. The minimum atomic E-state index is -0.416. The standard InChI is InChI=1S/C21H18N6O3S2/c1-13-3-7-16(8-4-13)26-12-22-25-21(26)32-11-19(28)24-20-23-17(10-31-20)15-6-5-14(2)18(9-15)27(29)30/h3-10,12H,11H2,1-2H3,(H,23,24,28). The molecule has 4 rings (SSSR count). The molecule has 1 amide bonds. The van der Waals surface area contributed by atoms with Crippen LogP contribution in [0.5, 0.6) is 0 Å². The van der Waals surface area contributed by atoms with E-state index in [0.29, 0.717) is 27.1 Å². The van der Waals surface area contributed by atoms with E-state index in [9.17, 15) is 14.9 Å². The molecule has 0 aliphatic carbocycles. The van der Waals surface area contributed by atoms with Crippen LogP contribution in [0.3, 0.4) is 0 Å². The van der Waals surface area contributed by atoms with Crippen molar-refractivity contribution in [3.05, 3.63) is 75.4 Å². The predicted molar refractivity (Wildman–Crippen MR) is 124 cm³/mol. The minimum Gasteiger partial charge on any atom is -0.301 e. The summed E-state index contributed by atoms with van der Waals surface area (Å²) in [4.78, 5) is 27.6. The van der Waals surface area contributed by atoms with Gasteiger partial charge in [-0.25, -0.2) is 4.98 Å². The number of rotatable bonds is 7. The third kappa shape index (κ3) is 4.84. The van der Waals surface area contributed by atoms with Gasteiger partial charge in [0.2, 0.25) is 5.91 Å². The van der Waals surface area contributed by atoms with Crippen LogP contribution in [-0.2, 0) is 4.79 Å². The van der Waals surface area contributed by atoms with E-state index in [-0.39, 0.29) is 17.3 Å². The Kier molecular flexibility index (Phi) is 6.28. The zero-order valence-corrected chi connectivity index (χ0v) is 18.8. The molecule has 0 radical (unpaired) electrons. The first-order chi connectivity index (χ1) is 15.4. The van der Waals surface area contributed by atoms with E-state index in [1.807, 2.05) is 35.8 Å². The van der Waals surface area contributed by atoms with Crippen molar-refractivity contribution >= 4 is 39.8 Å². The van der Waals surface area contributed by atoms with Crippen molar-refractivity contribution in [1.29, 1.82) is 0 Å². The van der Waals surface area contributed by atoms with Gasteiger partial charge in [-0.3, -0.25) is 19.5 Å². The molecule has 0 unspecified atom stereocenters. The van der Waals surface area contributed by atoms with Crippen LogP contribution >= 0.6 is 23.1 Å². The first-order valence-corrected chi connectivity index (χ1v) is 11.4. The summed E-state index contributed by atoms with van der Waals surface area (Å²) < 4.78 is 1.82. The first-order valence-electron chi connectivity index (χ1n) is 9.51. The molecule has 0 bridgehead atoms. The maximum atomic E-state index is 12.4. The molecule has 0 saturated heterocycles. The Balaban J connectivity index is 1.40. The molecule has 1 N–H and O–H groups in total. The number of hydrogen-bond donors (Lipinski definition) is 1. The summed E-state index contributed by atoms with van der Waals surface area (Å²) in [5, 5.41) is 24.8. The second kappa shape index (κ2) is 9.28. The number of benzene rings is 2. The third-order valence-electron chi connectivity index (χ3n) is 4.61. The van der Waals surface area contributed by atoms with Crippen LogP contribution in [0, 0.1) is 24.0 Å². The number of nitro benzene ring substituents is 1. The number of anilines is 1. The summed E-state index contributed by atoms with van der Waals surface area (Å²) in [6, 6.07) is 12.9. The Morgan fingerprint density at radius 3 is 2.75 bits per heavy atom. The van der Waals surface area contributed by atoms with Crippen molar-refractivity contribution in [3.63, 3.8) is 0 Å². The highest BCUT2D eigenvalue weighted by molar-refractivity contribution is 7.99. The van der Waals surface area contributed by atoms with E-state index in [0.717, 1.165) is 11.3 Å². The number of amides is 1. The first kappa shape index (κ1) is 21.7. The fraction of sp³-hybridized carbons (Fsp3) is 0.143. The second-order valence-corrected chi connectivity index (χ2v) is 8.75. The van der Waals surface area contributed by atoms with Gasteiger partial charge in [0.25, 0.3) is 5.69 Å². The molecule has 0 saturated carbocycles. The maximum absolute atomic E-state index is 12.4. The van der Waals surface area contributed by atoms with Crippen molar-refractivity contribution in [2.75, 3.05) is 11.1 Å². The molecule has 2 heterocycles. The highest BCUT2D eigenvalue weighted by Gasteiger charge is 2.15. The molecule has 2 aromatic carbocycles. The lowest BCUT2D eigenvalue weighted by Crippen LogP contribution is -2.14. The van der Waals surface area contributed by atoms with E-state index < -0.39 is 4.92 Å². The summed E-state index contributed by atoms with van der Waals surface area (Å²) >= 11 is 2.53. The Morgan fingerprint density at radius 1 is 1.22 bits per heavy atom. The molecule has 9 nitrogen and oxygen atoms in total. The molecule has 162 valence electrons. The number of hydrogen-bond acceptors (Lipinski definition) is 8. The molecule has 0 atom stereocenters. The van der Waals surface area contributed by atoms with Crippen LogP contribution in [0.2, 0.25) is 0 Å². The Morgan fingerprint density at radius 2 is 2.00 bits per heavy atom. The van der Waals surface area contributed by atoms with Crippen LogP contribution in [0.1, 0.15) is 11.1 Å². The van der Waals surface area contributed by atoms with Crippen molar-refractivity contribution in [3.8, 4) is 16.9 Å². The van der Waals surface area contributed by atoms with Gasteiger partial charge in [0, 0.05) is 28.3 Å². The molecular formula is C21H18N6O3S2. The van der Waals surface area contributed by atoms with Gasteiger partial charge in [-0.15, -0.1) is 21.5 Å². The number of nitrogens with one attached hydrogen (secondary N) is 1. The number of aryl methyl sites for hydroxylation is 2. The number of aromatic nitrogens is 4. The van der Waals surface area contributed by atoms with Gasteiger partial charge in [0.15, 0.2) is 10.3 Å². The van der Waals surface area contributed by atoms with E-state index in [2.05, 4.69) is 20.5 Å². The summed E-state index contributed by atoms with van der Waals surface area (Å²) in [5.41, 5.74) is 3.88. The topological polar surface area (TPSA) is 116 Å². The number of thiazole rings is 1. The van der Waals surface area contributed by atoms with Crippen LogP contribution in [0.4, 0.5) is 10.8 Å². The fourth-order valence-corrected chi connectivity index (χ4v) is 4.38. The van der Waals surface area contributed by atoms with Crippen LogP contribution in [-0.4, -0.2) is 36.3 Å². The molecule has 2 aromatic heterocycles. The minimum absolute atomic E-state index is 0.0372. The van der Waals surface area contributed by atoms with Gasteiger partial charge in [-0.05, 0) is 26.0 Å². The number of thioether (sulfide) groups is 1. The largest absolute Gasteiger partial charge is 0.301 e. The Bertz CT molecular complexity index is 1280. The Labute approximate surface area is 191 Å². The smallest absolute Gasteiger partial charge is 0.272 e. The van der Waals surface area contributed by atoms with E-state index >= 15 is 0 Å². The molecule has 11 heteroatoms. The average Bonchev–Trinajstić information content (AvgIpc) is 3.43. The van der Waals surface area contributed by atoms with E-state index in [4.69, 9.17) is 0 Å². The zero-order valence-electron chi connectivity index (χ0n) is 17.2. The monoisotopic (exact) mass is 466 g/mol. The predicted octanol–water partition coefficient (Wildman–Crippen LogP) is 4.65. The molecular weight excluding hydrogens is 448 g/mol. The highest BCUT2D eigenvalue weighted by atomic mass is 32.2. The van der Waals surface area contributed by atoms with Crippen molar-refractivity contribution in [1.82, 2.24) is 19.7 Å². The summed E-state index contributed by atoms with van der Waals surface area (Å²) in [7, 11) is 0. The van der Waals surface area contributed by atoms with E-state index in [1.165, 1.54) is 29.2 Å². The molecule has 32 heavy (non-hydrogen) atoms. The fourth-order valence-electron chi connectivity index (χ4n) is 2.92. The lowest BCUT2D eigenvalue weighted by molar-refractivity contribution is -0.385. The van der Waals surface area contributed by atoms with E-state index in [1.54, 1.807) is 30.8 Å². The van der Waals surface area contributed by atoms with Crippen LogP contribution in [0.15, 0.2) is 59.3 Å². The molecule has 0 spiro atoms. The quantitative estimate of drug-likeness (QED) is 0.239. The van der Waals surface area contributed by atoms with Gasteiger partial charge < -0.3 is 5.32 Å². The van der Waals surface area contributed by atoms with Gasteiger partial charge in [0.05, 0.1) is 16.4 Å². The molecule has 0 fully saturated rings. The van der Waals surface area contributed by atoms with Crippen molar-refractivity contribution in [2.45, 2.75) is 19.0 Å². The normalized spacial score (nSPS) is 10.8. The lowest BCUT2D eigenvalue weighted by Gasteiger charge is -2.06. The zero-order chi connectivity index (χ0) is 22.7. The summed E-state index contributed by atoms with van der Waals surface area (Å²) in [6.07, 6.45) is 1.61. The maximum Gasteiger partial charge on any atom is 0.272 e. The number of nitro groups is 1. The van der Waals surface area contributed by atoms with Gasteiger partial charge in [-0.2, -0.15) is 0 Å². The number of nitrogens with zero attached hydrogens (tertiary/aromatic N) is 5. The van der Waals surface area contributed by atoms with Crippen LogP contribution in [0.25, 0.3) is 16.9 Å². The van der Waals surface area contributed by atoms with Gasteiger partial charge in [-0.1, -0.05) is 41.6 Å². The van der Waals surface area contributed by atoms with Crippen LogP contribution < -0.4 is 5.32 Å². The Hall–Kier alpha value is -3.57. The third-order valence-corrected chi connectivity index (χ3v) is 6.31. The molecule has 4 aromatic rings. The van der Waals surface area contributed by atoms with Crippen molar-refractivity contribution in [2.24, 2.45) is 0 Å².